The van der Waals surface area contributed by atoms with Gasteiger partial charge in [-0.1, -0.05) is 34.1 Å². The van der Waals surface area contributed by atoms with Gasteiger partial charge >= 0.3 is 0 Å². The summed E-state index contributed by atoms with van der Waals surface area (Å²) in [6.07, 6.45) is 0. The van der Waals surface area contributed by atoms with E-state index in [0.717, 1.165) is 6.54 Å². The van der Waals surface area contributed by atoms with Crippen molar-refractivity contribution in [2.24, 2.45) is 0 Å². The van der Waals surface area contributed by atoms with Crippen molar-refractivity contribution in [1.82, 2.24) is 4.90 Å². The summed E-state index contributed by atoms with van der Waals surface area (Å²) in [7, 11) is 2.15. The quantitative estimate of drug-likeness (QED) is 0.780. The number of hydrogen-bond donors (Lipinski definition) is 0. The fourth-order valence-corrected chi connectivity index (χ4v) is 1.53. The second-order valence-electron chi connectivity index (χ2n) is 4.62. The van der Waals surface area contributed by atoms with Gasteiger partial charge in [-0.15, -0.1) is 0 Å². The average molecular weight is 256 g/mol. The Labute approximate surface area is 95.2 Å². The molecule has 0 unspecified atom stereocenters. The summed E-state index contributed by atoms with van der Waals surface area (Å²) in [6, 6.07) is 8.37. The summed E-state index contributed by atoms with van der Waals surface area (Å²) in [4.78, 5) is 2.34. The van der Waals surface area contributed by atoms with Crippen LogP contribution in [0.3, 0.4) is 0 Å². The molecule has 0 spiro atoms. The summed E-state index contributed by atoms with van der Waals surface area (Å²) >= 11 is 3.56. The topological polar surface area (TPSA) is 3.24 Å². The van der Waals surface area contributed by atoms with Gasteiger partial charge in [0.15, 0.2) is 0 Å². The minimum Gasteiger partial charge on any atom is -0.297 e. The molecule has 1 aromatic rings. The third-order valence-electron chi connectivity index (χ3n) is 2.51. The molecule has 0 aliphatic carbocycles. The lowest BCUT2D eigenvalue weighted by Crippen LogP contribution is -2.37. The summed E-state index contributed by atoms with van der Waals surface area (Å²) < 4.78 is 1.19. The van der Waals surface area contributed by atoms with Crippen molar-refractivity contribution in [2.45, 2.75) is 32.9 Å². The zero-order valence-corrected chi connectivity index (χ0v) is 10.9. The van der Waals surface area contributed by atoms with Crippen molar-refractivity contribution in [3.8, 4) is 0 Å². The maximum absolute atomic E-state index is 3.56. The van der Waals surface area contributed by atoms with Gasteiger partial charge in [0.25, 0.3) is 0 Å². The summed E-state index contributed by atoms with van der Waals surface area (Å²) in [5.74, 6) is 0. The van der Waals surface area contributed by atoms with E-state index in [4.69, 9.17) is 0 Å². The third-order valence-corrected chi connectivity index (χ3v) is 3.28. The molecule has 1 rings (SSSR count). The first-order valence-corrected chi connectivity index (χ1v) is 5.65. The van der Waals surface area contributed by atoms with Crippen molar-refractivity contribution < 1.29 is 0 Å². The van der Waals surface area contributed by atoms with Crippen LogP contribution in [0, 0.1) is 0 Å². The fourth-order valence-electron chi connectivity index (χ4n) is 1.12. The van der Waals surface area contributed by atoms with E-state index < -0.39 is 0 Å². The van der Waals surface area contributed by atoms with E-state index in [0.29, 0.717) is 0 Å². The van der Waals surface area contributed by atoms with Crippen LogP contribution in [0.25, 0.3) is 0 Å². The first kappa shape index (κ1) is 11.7. The highest BCUT2D eigenvalue weighted by molar-refractivity contribution is 9.10. The zero-order chi connectivity index (χ0) is 10.8. The Kier molecular flexibility index (Phi) is 3.73. The summed E-state index contributed by atoms with van der Waals surface area (Å²) in [5, 5.41) is 0. The van der Waals surface area contributed by atoms with Crippen LogP contribution in [0.15, 0.2) is 28.7 Å². The van der Waals surface area contributed by atoms with Gasteiger partial charge in [-0.2, -0.15) is 0 Å². The molecule has 2 heteroatoms. The second kappa shape index (κ2) is 4.45. The van der Waals surface area contributed by atoms with Crippen LogP contribution in [0.4, 0.5) is 0 Å². The van der Waals surface area contributed by atoms with Gasteiger partial charge in [-0.05, 0) is 39.4 Å². The average Bonchev–Trinajstić information content (AvgIpc) is 2.07. The first-order chi connectivity index (χ1) is 6.41. The smallest absolute Gasteiger partial charge is 0.0247 e. The molecule has 0 bridgehead atoms. The van der Waals surface area contributed by atoms with Crippen molar-refractivity contribution >= 4 is 15.9 Å². The molecule has 0 N–H and O–H groups in total. The molecule has 78 valence electrons. The van der Waals surface area contributed by atoms with Crippen LogP contribution < -0.4 is 0 Å². The molecule has 0 saturated carbocycles. The second-order valence-corrected chi connectivity index (χ2v) is 5.47. The van der Waals surface area contributed by atoms with Crippen molar-refractivity contribution in [3.05, 3.63) is 34.3 Å². The molecule has 0 atom stereocenters. The molecule has 0 saturated heterocycles. The van der Waals surface area contributed by atoms with Crippen LogP contribution in [0.2, 0.25) is 0 Å². The van der Waals surface area contributed by atoms with Gasteiger partial charge in [0.1, 0.15) is 0 Å². The molecular formula is C12H18BrN. The van der Waals surface area contributed by atoms with E-state index in [1.165, 1.54) is 10.0 Å². The third kappa shape index (κ3) is 3.10. The molecule has 0 heterocycles. The van der Waals surface area contributed by atoms with Crippen LogP contribution in [-0.4, -0.2) is 17.5 Å². The van der Waals surface area contributed by atoms with Crippen molar-refractivity contribution in [3.63, 3.8) is 0 Å². The van der Waals surface area contributed by atoms with Crippen LogP contribution in [0.1, 0.15) is 26.3 Å². The summed E-state index contributed by atoms with van der Waals surface area (Å²) in [5.41, 5.74) is 1.56. The normalized spacial score (nSPS) is 12.1. The van der Waals surface area contributed by atoms with Gasteiger partial charge in [0.2, 0.25) is 0 Å². The number of nitrogens with zero attached hydrogens (tertiary/aromatic N) is 1. The highest BCUT2D eigenvalue weighted by atomic mass is 79.9. The van der Waals surface area contributed by atoms with Crippen LogP contribution in [0.5, 0.6) is 0 Å². The number of rotatable bonds is 2. The van der Waals surface area contributed by atoms with Gasteiger partial charge in [-0.25, -0.2) is 0 Å². The standard InChI is InChI=1S/C12H18BrN/c1-12(2,3)14(4)9-10-7-5-6-8-11(10)13/h5-8H,9H2,1-4H3. The van der Waals surface area contributed by atoms with Crippen LogP contribution in [-0.2, 0) is 6.54 Å². The van der Waals surface area contributed by atoms with Crippen LogP contribution >= 0.6 is 15.9 Å². The van der Waals surface area contributed by atoms with Gasteiger partial charge in [-0.3, -0.25) is 4.90 Å². The Morgan fingerprint density at radius 1 is 1.21 bits per heavy atom. The Hall–Kier alpha value is -0.340. The number of halogens is 1. The molecule has 0 amide bonds. The van der Waals surface area contributed by atoms with Crippen molar-refractivity contribution in [2.75, 3.05) is 7.05 Å². The van der Waals surface area contributed by atoms with E-state index >= 15 is 0 Å². The molecule has 0 aliphatic rings. The lowest BCUT2D eigenvalue weighted by Gasteiger charge is -2.32. The van der Waals surface area contributed by atoms with E-state index in [1.54, 1.807) is 0 Å². The van der Waals surface area contributed by atoms with E-state index in [-0.39, 0.29) is 5.54 Å². The van der Waals surface area contributed by atoms with Gasteiger partial charge in [0.05, 0.1) is 0 Å². The fraction of sp³-hybridized carbons (Fsp3) is 0.500. The molecule has 0 radical (unpaired) electrons. The predicted molar refractivity (Wildman–Crippen MR) is 65.4 cm³/mol. The molecule has 1 aromatic carbocycles. The largest absolute Gasteiger partial charge is 0.297 e. The molecule has 0 aromatic heterocycles. The first-order valence-electron chi connectivity index (χ1n) is 4.86. The molecule has 1 nitrogen and oxygen atoms in total. The SMILES string of the molecule is CN(Cc1ccccc1Br)C(C)(C)C. The zero-order valence-electron chi connectivity index (χ0n) is 9.34. The van der Waals surface area contributed by atoms with E-state index in [1.807, 2.05) is 6.07 Å². The summed E-state index contributed by atoms with van der Waals surface area (Å²) in [6.45, 7) is 7.66. The van der Waals surface area contributed by atoms with Gasteiger partial charge < -0.3 is 0 Å². The Balaban J connectivity index is 2.75. The van der Waals surface area contributed by atoms with E-state index in [9.17, 15) is 0 Å². The molecule has 0 aliphatic heterocycles. The lowest BCUT2D eigenvalue weighted by atomic mass is 10.1. The highest BCUT2D eigenvalue weighted by Crippen LogP contribution is 2.20. The molecule has 0 fully saturated rings. The predicted octanol–water partition coefficient (Wildman–Crippen LogP) is 3.68. The molecule has 14 heavy (non-hydrogen) atoms. The monoisotopic (exact) mass is 255 g/mol. The maximum atomic E-state index is 3.56. The highest BCUT2D eigenvalue weighted by Gasteiger charge is 2.17. The van der Waals surface area contributed by atoms with Crippen molar-refractivity contribution in [1.29, 1.82) is 0 Å². The minimum absolute atomic E-state index is 0.218. The van der Waals surface area contributed by atoms with Gasteiger partial charge in [0, 0.05) is 16.6 Å². The number of benzene rings is 1. The van der Waals surface area contributed by atoms with E-state index in [2.05, 4.69) is 66.8 Å². The molecular weight excluding hydrogens is 238 g/mol. The maximum Gasteiger partial charge on any atom is 0.0247 e. The lowest BCUT2D eigenvalue weighted by molar-refractivity contribution is 0.167. The Bertz CT molecular complexity index is 301. The Morgan fingerprint density at radius 2 is 1.79 bits per heavy atom. The number of hydrogen-bond acceptors (Lipinski definition) is 1. The Morgan fingerprint density at radius 3 is 2.29 bits per heavy atom. The minimum atomic E-state index is 0.218.